The summed E-state index contributed by atoms with van der Waals surface area (Å²) in [5.74, 6) is 0. The molecule has 72 valence electrons. The normalized spacial score (nSPS) is 11.6. The van der Waals surface area contributed by atoms with Crippen LogP contribution in [0.15, 0.2) is 12.7 Å². The summed E-state index contributed by atoms with van der Waals surface area (Å²) in [6.45, 7) is 12.6. The maximum atomic E-state index is 5.24. The maximum Gasteiger partial charge on any atom is 0.0644 e. The molecule has 12 heavy (non-hydrogen) atoms. The minimum absolute atomic E-state index is 0.221. The Hall–Kier alpha value is -0.340. The molecular formula is C10H21NO. The molecule has 0 spiro atoms. The van der Waals surface area contributed by atoms with Crippen molar-refractivity contribution in [3.05, 3.63) is 12.7 Å². The molecule has 0 heterocycles. The molecule has 2 heteroatoms. The van der Waals surface area contributed by atoms with Crippen molar-refractivity contribution in [1.82, 2.24) is 5.32 Å². The van der Waals surface area contributed by atoms with Crippen molar-refractivity contribution in [2.45, 2.75) is 32.7 Å². The molecule has 0 fully saturated rings. The van der Waals surface area contributed by atoms with E-state index in [9.17, 15) is 0 Å². The first-order chi connectivity index (χ1) is 5.56. The SMILES string of the molecule is C=CCOCCCNC(C)(C)C. The van der Waals surface area contributed by atoms with Gasteiger partial charge in [0, 0.05) is 12.1 Å². The fourth-order valence-corrected chi connectivity index (χ4v) is 0.804. The molecule has 1 N–H and O–H groups in total. The summed E-state index contributed by atoms with van der Waals surface area (Å²) in [5.41, 5.74) is 0.221. The third-order valence-electron chi connectivity index (χ3n) is 1.36. The lowest BCUT2D eigenvalue weighted by atomic mass is 10.1. The van der Waals surface area contributed by atoms with Gasteiger partial charge in [-0.3, -0.25) is 0 Å². The zero-order valence-corrected chi connectivity index (χ0v) is 8.52. The second kappa shape index (κ2) is 6.21. The van der Waals surface area contributed by atoms with Gasteiger partial charge >= 0.3 is 0 Å². The number of rotatable bonds is 6. The zero-order chi connectivity index (χ0) is 9.45. The van der Waals surface area contributed by atoms with Crippen LogP contribution in [0.4, 0.5) is 0 Å². The molecule has 0 aliphatic rings. The van der Waals surface area contributed by atoms with Crippen LogP contribution in [0, 0.1) is 0 Å². The van der Waals surface area contributed by atoms with Crippen molar-refractivity contribution in [1.29, 1.82) is 0 Å². The van der Waals surface area contributed by atoms with E-state index >= 15 is 0 Å². The van der Waals surface area contributed by atoms with Crippen LogP contribution in [0.25, 0.3) is 0 Å². The lowest BCUT2D eigenvalue weighted by Gasteiger charge is -2.20. The highest BCUT2D eigenvalue weighted by Gasteiger charge is 2.06. The van der Waals surface area contributed by atoms with Gasteiger partial charge in [0.25, 0.3) is 0 Å². The van der Waals surface area contributed by atoms with Crippen LogP contribution in [-0.2, 0) is 4.74 Å². The van der Waals surface area contributed by atoms with Gasteiger partial charge in [0.1, 0.15) is 0 Å². The molecule has 0 amide bonds. The molecule has 2 nitrogen and oxygen atoms in total. The van der Waals surface area contributed by atoms with Crippen LogP contribution < -0.4 is 5.32 Å². The molecule has 0 rings (SSSR count). The Bertz CT molecular complexity index is 115. The third-order valence-corrected chi connectivity index (χ3v) is 1.36. The summed E-state index contributed by atoms with van der Waals surface area (Å²) < 4.78 is 5.24. The molecule has 0 atom stereocenters. The first-order valence-electron chi connectivity index (χ1n) is 4.50. The maximum absolute atomic E-state index is 5.24. The number of ether oxygens (including phenoxy) is 1. The quantitative estimate of drug-likeness (QED) is 0.487. The van der Waals surface area contributed by atoms with Crippen molar-refractivity contribution in [2.24, 2.45) is 0 Å². The first-order valence-corrected chi connectivity index (χ1v) is 4.50. The summed E-state index contributed by atoms with van der Waals surface area (Å²) in [6.07, 6.45) is 2.84. The number of nitrogens with one attached hydrogen (secondary N) is 1. The minimum Gasteiger partial charge on any atom is -0.377 e. The predicted octanol–water partition coefficient (Wildman–Crippen LogP) is 1.97. The highest BCUT2D eigenvalue weighted by atomic mass is 16.5. The summed E-state index contributed by atoms with van der Waals surface area (Å²) in [6, 6.07) is 0. The van der Waals surface area contributed by atoms with Crippen LogP contribution in [-0.4, -0.2) is 25.3 Å². The van der Waals surface area contributed by atoms with Crippen molar-refractivity contribution in [3.8, 4) is 0 Å². The first kappa shape index (κ1) is 11.7. The van der Waals surface area contributed by atoms with E-state index in [-0.39, 0.29) is 5.54 Å². The molecule has 0 aromatic carbocycles. The van der Waals surface area contributed by atoms with E-state index in [0.29, 0.717) is 6.61 Å². The molecule has 0 unspecified atom stereocenters. The van der Waals surface area contributed by atoms with Crippen LogP contribution in [0.1, 0.15) is 27.2 Å². The van der Waals surface area contributed by atoms with E-state index in [1.54, 1.807) is 6.08 Å². The molecule has 0 bridgehead atoms. The van der Waals surface area contributed by atoms with E-state index in [1.807, 2.05) is 0 Å². The summed E-state index contributed by atoms with van der Waals surface area (Å²) in [4.78, 5) is 0. The van der Waals surface area contributed by atoms with E-state index in [4.69, 9.17) is 4.74 Å². The standard InChI is InChI=1S/C10H21NO/c1-5-8-12-9-6-7-11-10(2,3)4/h5,11H,1,6-9H2,2-4H3. The van der Waals surface area contributed by atoms with Gasteiger partial charge in [-0.15, -0.1) is 6.58 Å². The van der Waals surface area contributed by atoms with Gasteiger partial charge in [0.05, 0.1) is 6.61 Å². The number of hydrogen-bond donors (Lipinski definition) is 1. The Morgan fingerprint density at radius 1 is 1.42 bits per heavy atom. The van der Waals surface area contributed by atoms with Crippen molar-refractivity contribution in [2.75, 3.05) is 19.8 Å². The average molecular weight is 171 g/mol. The molecule has 0 aliphatic heterocycles. The van der Waals surface area contributed by atoms with Gasteiger partial charge in [-0.25, -0.2) is 0 Å². The van der Waals surface area contributed by atoms with E-state index in [0.717, 1.165) is 19.6 Å². The van der Waals surface area contributed by atoms with E-state index < -0.39 is 0 Å². The second-order valence-electron chi connectivity index (χ2n) is 3.89. The number of hydrogen-bond acceptors (Lipinski definition) is 2. The van der Waals surface area contributed by atoms with Crippen molar-refractivity contribution >= 4 is 0 Å². The Morgan fingerprint density at radius 3 is 2.58 bits per heavy atom. The lowest BCUT2D eigenvalue weighted by Crippen LogP contribution is -2.36. The van der Waals surface area contributed by atoms with E-state index in [1.165, 1.54) is 0 Å². The molecule has 0 aromatic rings. The Kier molecular flexibility index (Phi) is 6.03. The van der Waals surface area contributed by atoms with Crippen LogP contribution in [0.5, 0.6) is 0 Å². The predicted molar refractivity (Wildman–Crippen MR) is 53.4 cm³/mol. The van der Waals surface area contributed by atoms with E-state index in [2.05, 4.69) is 32.7 Å². The topological polar surface area (TPSA) is 21.3 Å². The molecule has 0 radical (unpaired) electrons. The van der Waals surface area contributed by atoms with Gasteiger partial charge in [-0.2, -0.15) is 0 Å². The van der Waals surface area contributed by atoms with Crippen LogP contribution in [0.2, 0.25) is 0 Å². The largest absolute Gasteiger partial charge is 0.377 e. The Labute approximate surface area is 76.0 Å². The molecular weight excluding hydrogens is 150 g/mol. The highest BCUT2D eigenvalue weighted by Crippen LogP contribution is 1.97. The fourth-order valence-electron chi connectivity index (χ4n) is 0.804. The van der Waals surface area contributed by atoms with Crippen molar-refractivity contribution in [3.63, 3.8) is 0 Å². The molecule has 0 saturated carbocycles. The van der Waals surface area contributed by atoms with Crippen LogP contribution in [0.3, 0.4) is 0 Å². The summed E-state index contributed by atoms with van der Waals surface area (Å²) in [5, 5.41) is 3.39. The van der Waals surface area contributed by atoms with Crippen molar-refractivity contribution < 1.29 is 4.74 Å². The lowest BCUT2D eigenvalue weighted by molar-refractivity contribution is 0.157. The minimum atomic E-state index is 0.221. The van der Waals surface area contributed by atoms with Gasteiger partial charge in [-0.1, -0.05) is 6.08 Å². The molecule has 0 aromatic heterocycles. The van der Waals surface area contributed by atoms with Gasteiger partial charge in [0.15, 0.2) is 0 Å². The molecule has 0 aliphatic carbocycles. The van der Waals surface area contributed by atoms with Gasteiger partial charge in [-0.05, 0) is 33.7 Å². The third kappa shape index (κ3) is 9.66. The highest BCUT2D eigenvalue weighted by molar-refractivity contribution is 4.69. The van der Waals surface area contributed by atoms with Gasteiger partial charge < -0.3 is 10.1 Å². The summed E-state index contributed by atoms with van der Waals surface area (Å²) in [7, 11) is 0. The zero-order valence-electron chi connectivity index (χ0n) is 8.52. The fraction of sp³-hybridized carbons (Fsp3) is 0.800. The second-order valence-corrected chi connectivity index (χ2v) is 3.89. The molecule has 0 saturated heterocycles. The average Bonchev–Trinajstić information content (AvgIpc) is 1.94. The van der Waals surface area contributed by atoms with Gasteiger partial charge in [0.2, 0.25) is 0 Å². The smallest absolute Gasteiger partial charge is 0.0644 e. The van der Waals surface area contributed by atoms with Crippen LogP contribution >= 0.6 is 0 Å². The Morgan fingerprint density at radius 2 is 2.08 bits per heavy atom. The monoisotopic (exact) mass is 171 g/mol. The Balaban J connectivity index is 3.06. The summed E-state index contributed by atoms with van der Waals surface area (Å²) >= 11 is 0.